The van der Waals surface area contributed by atoms with Gasteiger partial charge < -0.3 is 9.47 Å². The second-order valence-corrected chi connectivity index (χ2v) is 10.3. The average molecular weight is 583 g/mol. The molecule has 1 aliphatic heterocycles. The minimum atomic E-state index is -0.446. The molecule has 0 radical (unpaired) electrons. The van der Waals surface area contributed by atoms with Crippen LogP contribution in [0.25, 0.3) is 6.08 Å². The van der Waals surface area contributed by atoms with E-state index in [1.54, 1.807) is 48.5 Å². The summed E-state index contributed by atoms with van der Waals surface area (Å²) in [6.45, 7) is 2.46. The molecular weight excluding hydrogens is 564 g/mol. The first-order valence-electron chi connectivity index (χ1n) is 10.8. The quantitative estimate of drug-likeness (QED) is 0.249. The standard InChI is InChI=1S/C26H19Cl4NO4S/c1-2-34-22-11-16(10-21(30)24(22)35-14-15-6-8-17(27)9-7-15)12-23-25(32)31(26(33)36-23)13-18-19(28)4-3-5-20(18)29/h3-12H,2,13-14H2,1H3/b23-12+. The van der Waals surface area contributed by atoms with Gasteiger partial charge in [0.05, 0.1) is 23.1 Å². The zero-order valence-corrected chi connectivity index (χ0v) is 22.7. The number of carbonyl (C=O) groups is 2. The first-order valence-corrected chi connectivity index (χ1v) is 13.1. The summed E-state index contributed by atoms with van der Waals surface area (Å²) in [7, 11) is 0. The number of hydrogen-bond donors (Lipinski definition) is 0. The minimum Gasteiger partial charge on any atom is -0.490 e. The number of hydrogen-bond acceptors (Lipinski definition) is 5. The molecule has 0 bridgehead atoms. The first-order chi connectivity index (χ1) is 17.3. The summed E-state index contributed by atoms with van der Waals surface area (Å²) >= 11 is 25.7. The van der Waals surface area contributed by atoms with E-state index in [9.17, 15) is 9.59 Å². The van der Waals surface area contributed by atoms with Crippen LogP contribution in [-0.4, -0.2) is 22.7 Å². The minimum absolute atomic E-state index is 0.0249. The average Bonchev–Trinajstić information content (AvgIpc) is 3.09. The van der Waals surface area contributed by atoms with Crippen molar-refractivity contribution < 1.29 is 19.1 Å². The summed E-state index contributed by atoms with van der Waals surface area (Å²) in [6.07, 6.45) is 1.59. The van der Waals surface area contributed by atoms with Gasteiger partial charge in [-0.2, -0.15) is 0 Å². The van der Waals surface area contributed by atoms with Crippen LogP contribution in [0.5, 0.6) is 11.5 Å². The van der Waals surface area contributed by atoms with Crippen molar-refractivity contribution in [2.45, 2.75) is 20.1 Å². The number of benzene rings is 3. The lowest BCUT2D eigenvalue weighted by Crippen LogP contribution is -2.27. The molecule has 1 heterocycles. The van der Waals surface area contributed by atoms with E-state index in [4.69, 9.17) is 55.9 Å². The zero-order chi connectivity index (χ0) is 25.8. The number of halogens is 4. The highest BCUT2D eigenvalue weighted by molar-refractivity contribution is 8.18. The smallest absolute Gasteiger partial charge is 0.293 e. The van der Waals surface area contributed by atoms with Gasteiger partial charge in [0.2, 0.25) is 0 Å². The summed E-state index contributed by atoms with van der Waals surface area (Å²) < 4.78 is 11.7. The lowest BCUT2D eigenvalue weighted by molar-refractivity contribution is -0.123. The van der Waals surface area contributed by atoms with Gasteiger partial charge in [-0.3, -0.25) is 14.5 Å². The van der Waals surface area contributed by atoms with Crippen molar-refractivity contribution in [3.8, 4) is 11.5 Å². The molecule has 2 amide bonds. The third kappa shape index (κ3) is 6.13. The fourth-order valence-electron chi connectivity index (χ4n) is 3.44. The summed E-state index contributed by atoms with van der Waals surface area (Å²) in [6, 6.07) is 15.7. The molecule has 3 aromatic rings. The molecule has 0 N–H and O–H groups in total. The normalized spacial score (nSPS) is 14.6. The molecular formula is C26H19Cl4NO4S. The van der Waals surface area contributed by atoms with Gasteiger partial charge in [0.15, 0.2) is 11.5 Å². The third-order valence-electron chi connectivity index (χ3n) is 5.18. The predicted octanol–water partition coefficient (Wildman–Crippen LogP) is 8.51. The van der Waals surface area contributed by atoms with Crippen LogP contribution in [0.2, 0.25) is 20.1 Å². The predicted molar refractivity (Wildman–Crippen MR) is 146 cm³/mol. The number of amides is 2. The number of rotatable bonds is 8. The maximum Gasteiger partial charge on any atom is 0.293 e. The van der Waals surface area contributed by atoms with Crippen LogP contribution >= 0.6 is 58.2 Å². The van der Waals surface area contributed by atoms with Gasteiger partial charge in [-0.15, -0.1) is 0 Å². The maximum absolute atomic E-state index is 13.0. The molecule has 1 aliphatic rings. The Balaban J connectivity index is 1.56. The number of ether oxygens (including phenoxy) is 2. The van der Waals surface area contributed by atoms with Gasteiger partial charge in [0.25, 0.3) is 11.1 Å². The second-order valence-electron chi connectivity index (χ2n) is 7.65. The van der Waals surface area contributed by atoms with Crippen LogP contribution in [-0.2, 0) is 17.9 Å². The van der Waals surface area contributed by atoms with Crippen molar-refractivity contribution in [1.29, 1.82) is 0 Å². The molecule has 0 aromatic heterocycles. The van der Waals surface area contributed by atoms with Crippen LogP contribution in [0.3, 0.4) is 0 Å². The number of thioether (sulfide) groups is 1. The van der Waals surface area contributed by atoms with Crippen molar-refractivity contribution in [3.05, 3.63) is 96.3 Å². The summed E-state index contributed by atoms with van der Waals surface area (Å²) in [4.78, 5) is 27.0. The van der Waals surface area contributed by atoms with E-state index in [0.717, 1.165) is 22.2 Å². The second kappa shape index (κ2) is 11.8. The number of imide groups is 1. The Morgan fingerprint density at radius 3 is 2.28 bits per heavy atom. The fraction of sp³-hybridized carbons (Fsp3) is 0.154. The Bertz CT molecular complexity index is 1320. The molecule has 36 heavy (non-hydrogen) atoms. The molecule has 0 saturated carbocycles. The van der Waals surface area contributed by atoms with Crippen molar-refractivity contribution in [2.75, 3.05) is 6.61 Å². The Morgan fingerprint density at radius 1 is 0.917 bits per heavy atom. The molecule has 1 saturated heterocycles. The number of nitrogens with zero attached hydrogens (tertiary/aromatic N) is 1. The van der Waals surface area contributed by atoms with Gasteiger partial charge in [0.1, 0.15) is 6.61 Å². The number of carbonyl (C=O) groups excluding carboxylic acids is 2. The monoisotopic (exact) mass is 581 g/mol. The molecule has 5 nitrogen and oxygen atoms in total. The van der Waals surface area contributed by atoms with Gasteiger partial charge >= 0.3 is 0 Å². The van der Waals surface area contributed by atoms with Gasteiger partial charge in [-0.1, -0.05) is 64.6 Å². The van der Waals surface area contributed by atoms with Gasteiger partial charge in [-0.05, 0) is 72.3 Å². The molecule has 4 rings (SSSR count). The highest BCUT2D eigenvalue weighted by atomic mass is 35.5. The van der Waals surface area contributed by atoms with Gasteiger partial charge in [-0.25, -0.2) is 0 Å². The van der Waals surface area contributed by atoms with Crippen LogP contribution in [0.15, 0.2) is 59.5 Å². The Kier molecular flexibility index (Phi) is 8.75. The van der Waals surface area contributed by atoms with Crippen LogP contribution < -0.4 is 9.47 Å². The fourth-order valence-corrected chi connectivity index (χ4v) is 5.19. The molecule has 186 valence electrons. The Hall–Kier alpha value is -2.35. The molecule has 0 unspecified atom stereocenters. The third-order valence-corrected chi connectivity index (χ3v) is 7.33. The van der Waals surface area contributed by atoms with Crippen molar-refractivity contribution >= 4 is 75.4 Å². The van der Waals surface area contributed by atoms with E-state index in [1.165, 1.54) is 0 Å². The molecule has 0 atom stereocenters. The molecule has 10 heteroatoms. The van der Waals surface area contributed by atoms with E-state index < -0.39 is 11.1 Å². The van der Waals surface area contributed by atoms with Crippen molar-refractivity contribution in [2.24, 2.45) is 0 Å². The van der Waals surface area contributed by atoms with Crippen LogP contribution in [0.1, 0.15) is 23.6 Å². The van der Waals surface area contributed by atoms with E-state index in [0.29, 0.717) is 49.3 Å². The molecule has 1 fully saturated rings. The highest BCUT2D eigenvalue weighted by Crippen LogP contribution is 2.40. The van der Waals surface area contributed by atoms with Crippen LogP contribution in [0.4, 0.5) is 4.79 Å². The summed E-state index contributed by atoms with van der Waals surface area (Å²) in [5.74, 6) is 0.359. The van der Waals surface area contributed by atoms with E-state index in [-0.39, 0.29) is 18.1 Å². The molecule has 0 spiro atoms. The lowest BCUT2D eigenvalue weighted by atomic mass is 10.1. The van der Waals surface area contributed by atoms with E-state index in [2.05, 4.69) is 0 Å². The Morgan fingerprint density at radius 2 is 1.61 bits per heavy atom. The molecule has 0 aliphatic carbocycles. The van der Waals surface area contributed by atoms with E-state index >= 15 is 0 Å². The molecule has 3 aromatic carbocycles. The largest absolute Gasteiger partial charge is 0.490 e. The zero-order valence-electron chi connectivity index (χ0n) is 18.9. The topological polar surface area (TPSA) is 55.8 Å². The van der Waals surface area contributed by atoms with Gasteiger partial charge in [0, 0.05) is 20.6 Å². The van der Waals surface area contributed by atoms with Crippen molar-refractivity contribution in [1.82, 2.24) is 4.90 Å². The van der Waals surface area contributed by atoms with E-state index in [1.807, 2.05) is 19.1 Å². The first kappa shape index (κ1) is 26.7. The van der Waals surface area contributed by atoms with Crippen LogP contribution in [0, 0.1) is 0 Å². The maximum atomic E-state index is 13.0. The van der Waals surface area contributed by atoms with Crippen molar-refractivity contribution in [3.63, 3.8) is 0 Å². The Labute approximate surface area is 232 Å². The summed E-state index contributed by atoms with van der Waals surface area (Å²) in [5.41, 5.74) is 2.01. The highest BCUT2D eigenvalue weighted by Gasteiger charge is 2.35. The SMILES string of the molecule is CCOc1cc(/C=C2/SC(=O)N(Cc3c(Cl)cccc3Cl)C2=O)cc(Cl)c1OCc1ccc(Cl)cc1. The lowest BCUT2D eigenvalue weighted by Gasteiger charge is -2.15. The summed E-state index contributed by atoms with van der Waals surface area (Å²) in [5, 5.41) is 1.29.